The van der Waals surface area contributed by atoms with Gasteiger partial charge in [0.2, 0.25) is 17.2 Å². The van der Waals surface area contributed by atoms with E-state index < -0.39 is 29.0 Å². The fraction of sp³-hybridized carbons (Fsp3) is 0.308. The number of hydrogen-bond acceptors (Lipinski definition) is 4. The number of carbonyl (C=O) groups is 3. The van der Waals surface area contributed by atoms with Crippen LogP contribution in [0, 0.1) is 5.82 Å². The molecule has 1 unspecified atom stereocenters. The number of benzene rings is 1. The summed E-state index contributed by atoms with van der Waals surface area (Å²) in [5, 5.41) is 0. The van der Waals surface area contributed by atoms with E-state index in [1.165, 1.54) is 13.0 Å². The van der Waals surface area contributed by atoms with Crippen molar-refractivity contribution in [1.82, 2.24) is 0 Å². The van der Waals surface area contributed by atoms with Crippen molar-refractivity contribution in [2.75, 3.05) is 11.5 Å². The van der Waals surface area contributed by atoms with Gasteiger partial charge in [-0.25, -0.2) is 9.18 Å². The smallest absolute Gasteiger partial charge is 0.340 e. The van der Waals surface area contributed by atoms with Gasteiger partial charge in [-0.2, -0.15) is 0 Å². The summed E-state index contributed by atoms with van der Waals surface area (Å²) in [6.45, 7) is 1.34. The van der Waals surface area contributed by atoms with Gasteiger partial charge in [0.1, 0.15) is 5.82 Å². The number of amides is 1. The molecule has 0 aromatic heterocycles. The maximum atomic E-state index is 13.3. The van der Waals surface area contributed by atoms with Crippen LogP contribution >= 0.6 is 0 Å². The fourth-order valence-corrected chi connectivity index (χ4v) is 2.78. The van der Waals surface area contributed by atoms with Crippen molar-refractivity contribution in [2.24, 2.45) is 0 Å². The lowest BCUT2D eigenvalue weighted by molar-refractivity contribution is -0.142. The summed E-state index contributed by atoms with van der Waals surface area (Å²) in [6.07, 6.45) is 0.0978. The minimum Gasteiger partial charge on any atom is -0.463 e. The van der Waals surface area contributed by atoms with Crippen molar-refractivity contribution < 1.29 is 23.5 Å². The first-order chi connectivity index (χ1) is 8.98. The summed E-state index contributed by atoms with van der Waals surface area (Å²) in [4.78, 5) is 37.3. The predicted molar refractivity (Wildman–Crippen MR) is 62.2 cm³/mol. The predicted octanol–water partition coefficient (Wildman–Crippen LogP) is 1.06. The van der Waals surface area contributed by atoms with Gasteiger partial charge in [0.05, 0.1) is 12.3 Å². The molecule has 1 atom stereocenters. The Kier molecular flexibility index (Phi) is 2.26. The van der Waals surface area contributed by atoms with Gasteiger partial charge in [0.25, 0.3) is 0 Å². The zero-order valence-corrected chi connectivity index (χ0v) is 10.1. The highest BCUT2D eigenvalue weighted by Gasteiger charge is 2.62. The number of esters is 1. The number of rotatable bonds is 0. The molecule has 0 radical (unpaired) electrons. The molecule has 2 heterocycles. The molecule has 0 aliphatic carbocycles. The van der Waals surface area contributed by atoms with Crippen LogP contribution in [0.15, 0.2) is 18.2 Å². The third kappa shape index (κ3) is 1.31. The number of ketones is 1. The second-order valence-electron chi connectivity index (χ2n) is 4.59. The summed E-state index contributed by atoms with van der Waals surface area (Å²) in [7, 11) is 0. The summed E-state index contributed by atoms with van der Waals surface area (Å²) in [6, 6.07) is 3.54. The van der Waals surface area contributed by atoms with Gasteiger partial charge in [-0.05, 0) is 18.2 Å². The van der Waals surface area contributed by atoms with Gasteiger partial charge in [-0.15, -0.1) is 0 Å². The number of ether oxygens (including phenoxy) is 1. The molecule has 3 rings (SSSR count). The average Bonchev–Trinajstić information content (AvgIpc) is 2.83. The topological polar surface area (TPSA) is 63.7 Å². The molecule has 1 spiro atoms. The molecule has 0 saturated carbocycles. The molecule has 0 N–H and O–H groups in total. The third-order valence-electron chi connectivity index (χ3n) is 3.55. The van der Waals surface area contributed by atoms with Crippen molar-refractivity contribution in [3.8, 4) is 0 Å². The minimum atomic E-state index is -1.64. The van der Waals surface area contributed by atoms with Gasteiger partial charge >= 0.3 is 5.97 Å². The first-order valence-corrected chi connectivity index (χ1v) is 5.81. The molecule has 5 nitrogen and oxygen atoms in total. The van der Waals surface area contributed by atoms with Crippen molar-refractivity contribution in [3.63, 3.8) is 0 Å². The Bertz CT molecular complexity index is 627. The maximum absolute atomic E-state index is 13.3. The first kappa shape index (κ1) is 11.8. The van der Waals surface area contributed by atoms with E-state index in [9.17, 15) is 18.8 Å². The lowest BCUT2D eigenvalue weighted by atomic mass is 9.91. The van der Waals surface area contributed by atoms with Crippen LogP contribution in [0.1, 0.15) is 23.7 Å². The van der Waals surface area contributed by atoms with Gasteiger partial charge in [-0.1, -0.05) is 0 Å². The lowest BCUT2D eigenvalue weighted by Gasteiger charge is -2.28. The number of halogens is 1. The monoisotopic (exact) mass is 263 g/mol. The van der Waals surface area contributed by atoms with E-state index in [4.69, 9.17) is 4.74 Å². The molecule has 1 aromatic rings. The largest absolute Gasteiger partial charge is 0.463 e. The van der Waals surface area contributed by atoms with Crippen molar-refractivity contribution in [2.45, 2.75) is 18.9 Å². The molecule has 2 aliphatic rings. The molecule has 2 aliphatic heterocycles. The molecule has 0 bridgehead atoms. The van der Waals surface area contributed by atoms with Gasteiger partial charge in [0.15, 0.2) is 0 Å². The summed E-state index contributed by atoms with van der Waals surface area (Å²) >= 11 is 0. The van der Waals surface area contributed by atoms with E-state index in [2.05, 4.69) is 0 Å². The van der Waals surface area contributed by atoms with E-state index in [1.54, 1.807) is 0 Å². The fourth-order valence-electron chi connectivity index (χ4n) is 2.78. The molecule has 6 heteroatoms. The van der Waals surface area contributed by atoms with Crippen molar-refractivity contribution in [1.29, 1.82) is 0 Å². The number of carbonyl (C=O) groups excluding carboxylic acids is 3. The molecular formula is C13H10FNO4. The number of cyclic esters (lactones) is 1. The zero-order chi connectivity index (χ0) is 13.8. The number of Topliss-reactive ketones (excluding diaryl/α,β-unsaturated/α-hetero) is 1. The summed E-state index contributed by atoms with van der Waals surface area (Å²) in [5.41, 5.74) is -1.33. The SMILES string of the molecule is CC(=O)N1c2ccc(F)cc2C(=O)C12CCOC2=O. The van der Waals surface area contributed by atoms with E-state index in [-0.39, 0.29) is 24.3 Å². The van der Waals surface area contributed by atoms with Crippen LogP contribution in [0.25, 0.3) is 0 Å². The van der Waals surface area contributed by atoms with Crippen LogP contribution in [0.2, 0.25) is 0 Å². The number of anilines is 1. The Hall–Kier alpha value is -2.24. The van der Waals surface area contributed by atoms with E-state index in [0.717, 1.165) is 17.0 Å². The van der Waals surface area contributed by atoms with E-state index in [0.29, 0.717) is 0 Å². The van der Waals surface area contributed by atoms with Gasteiger partial charge in [0, 0.05) is 18.9 Å². The Balaban J connectivity index is 2.27. The van der Waals surface area contributed by atoms with E-state index in [1.807, 2.05) is 0 Å². The normalized spacial score (nSPS) is 24.8. The highest BCUT2D eigenvalue weighted by Crippen LogP contribution is 2.44. The van der Waals surface area contributed by atoms with Crippen LogP contribution in [0.3, 0.4) is 0 Å². The second kappa shape index (κ2) is 3.63. The van der Waals surface area contributed by atoms with Gasteiger partial charge < -0.3 is 4.74 Å². The first-order valence-electron chi connectivity index (χ1n) is 5.81. The number of fused-ring (bicyclic) bond motifs is 1. The molecule has 19 heavy (non-hydrogen) atoms. The Labute approximate surface area is 107 Å². The maximum Gasteiger partial charge on any atom is 0.340 e. The van der Waals surface area contributed by atoms with Crippen LogP contribution in [0.4, 0.5) is 10.1 Å². The van der Waals surface area contributed by atoms with Crippen molar-refractivity contribution in [3.05, 3.63) is 29.6 Å². The van der Waals surface area contributed by atoms with Gasteiger partial charge in [-0.3, -0.25) is 14.5 Å². The third-order valence-corrected chi connectivity index (χ3v) is 3.55. The average molecular weight is 263 g/mol. The van der Waals surface area contributed by atoms with Crippen LogP contribution in [-0.4, -0.2) is 29.8 Å². The molecule has 1 saturated heterocycles. The molecule has 1 fully saturated rings. The zero-order valence-electron chi connectivity index (χ0n) is 10.1. The molecule has 1 aromatic carbocycles. The number of nitrogens with zero attached hydrogens (tertiary/aromatic N) is 1. The van der Waals surface area contributed by atoms with Crippen LogP contribution in [0.5, 0.6) is 0 Å². The highest BCUT2D eigenvalue weighted by molar-refractivity contribution is 6.30. The summed E-state index contributed by atoms with van der Waals surface area (Å²) in [5.74, 6) is -2.35. The second-order valence-corrected chi connectivity index (χ2v) is 4.59. The molecular weight excluding hydrogens is 253 g/mol. The standard InChI is InChI=1S/C13H10FNO4/c1-7(16)15-10-3-2-8(14)6-9(10)11(17)13(15)4-5-19-12(13)18/h2-3,6H,4-5H2,1H3. The quantitative estimate of drug-likeness (QED) is 0.518. The summed E-state index contributed by atoms with van der Waals surface area (Å²) < 4.78 is 18.1. The minimum absolute atomic E-state index is 0.0500. The molecule has 1 amide bonds. The lowest BCUT2D eigenvalue weighted by Crippen LogP contribution is -2.56. The Morgan fingerprint density at radius 3 is 2.74 bits per heavy atom. The Morgan fingerprint density at radius 2 is 2.16 bits per heavy atom. The van der Waals surface area contributed by atoms with Crippen LogP contribution < -0.4 is 4.90 Å². The van der Waals surface area contributed by atoms with Crippen molar-refractivity contribution >= 4 is 23.3 Å². The van der Waals surface area contributed by atoms with Crippen LogP contribution in [-0.2, 0) is 14.3 Å². The van der Waals surface area contributed by atoms with E-state index >= 15 is 0 Å². The highest BCUT2D eigenvalue weighted by atomic mass is 19.1. The molecule has 98 valence electrons. The Morgan fingerprint density at radius 1 is 1.42 bits per heavy atom. The number of hydrogen-bond donors (Lipinski definition) is 0.